The van der Waals surface area contributed by atoms with Crippen LogP contribution < -0.4 is 5.32 Å². The molecule has 0 radical (unpaired) electrons. The Bertz CT molecular complexity index is 877. The van der Waals surface area contributed by atoms with Gasteiger partial charge < -0.3 is 10.4 Å². The molecule has 2 aromatic rings. The van der Waals surface area contributed by atoms with Gasteiger partial charge in [0.05, 0.1) is 5.02 Å². The molecule has 3 atom stereocenters. The number of piperidine rings is 1. The van der Waals surface area contributed by atoms with Crippen LogP contribution >= 0.6 is 23.2 Å². The monoisotopic (exact) mass is 387 g/mol. The van der Waals surface area contributed by atoms with Gasteiger partial charge in [0.15, 0.2) is 0 Å². The van der Waals surface area contributed by atoms with Crippen LogP contribution in [0.2, 0.25) is 10.0 Å². The molecule has 4 heteroatoms. The van der Waals surface area contributed by atoms with E-state index in [0.717, 1.165) is 24.1 Å². The van der Waals surface area contributed by atoms with Gasteiger partial charge in [-0.3, -0.25) is 0 Å². The predicted molar refractivity (Wildman–Crippen MR) is 107 cm³/mol. The smallest absolute Gasteiger partial charge is 0.123 e. The van der Waals surface area contributed by atoms with Gasteiger partial charge in [-0.25, -0.2) is 0 Å². The van der Waals surface area contributed by atoms with Crippen LogP contribution in [0, 0.1) is 5.92 Å². The van der Waals surface area contributed by atoms with Crippen LogP contribution in [0.1, 0.15) is 43.2 Å². The van der Waals surface area contributed by atoms with Crippen molar-refractivity contribution in [1.29, 1.82) is 0 Å². The number of nitrogens with one attached hydrogen (secondary N) is 1. The zero-order chi connectivity index (χ0) is 17.9. The van der Waals surface area contributed by atoms with E-state index >= 15 is 0 Å². The normalized spacial score (nSPS) is 29.8. The largest absolute Gasteiger partial charge is 0.507 e. The summed E-state index contributed by atoms with van der Waals surface area (Å²) in [4.78, 5) is 0. The van der Waals surface area contributed by atoms with Crippen LogP contribution in [-0.2, 0) is 11.8 Å². The second-order valence-electron chi connectivity index (χ2n) is 8.17. The number of rotatable bonds is 1. The molecule has 0 amide bonds. The zero-order valence-electron chi connectivity index (χ0n) is 14.7. The summed E-state index contributed by atoms with van der Waals surface area (Å²) in [5.74, 6) is 1.05. The average Bonchev–Trinajstić information content (AvgIpc) is 2.62. The first-order valence-electron chi connectivity index (χ1n) is 9.64. The van der Waals surface area contributed by atoms with Crippen LogP contribution in [0.15, 0.2) is 30.3 Å². The van der Waals surface area contributed by atoms with Crippen molar-refractivity contribution in [2.24, 2.45) is 5.92 Å². The lowest BCUT2D eigenvalue weighted by Gasteiger charge is -2.56. The van der Waals surface area contributed by atoms with Crippen LogP contribution in [0.25, 0.3) is 11.1 Å². The van der Waals surface area contributed by atoms with Crippen molar-refractivity contribution in [3.05, 3.63) is 51.5 Å². The van der Waals surface area contributed by atoms with Gasteiger partial charge in [0.25, 0.3) is 0 Å². The molecule has 1 heterocycles. The molecular weight excluding hydrogens is 365 g/mol. The van der Waals surface area contributed by atoms with Gasteiger partial charge in [-0.2, -0.15) is 0 Å². The summed E-state index contributed by atoms with van der Waals surface area (Å²) in [5.41, 5.74) is 4.68. The molecule has 2 aromatic carbocycles. The van der Waals surface area contributed by atoms with Crippen molar-refractivity contribution < 1.29 is 5.11 Å². The molecule has 2 bridgehead atoms. The van der Waals surface area contributed by atoms with E-state index < -0.39 is 0 Å². The minimum atomic E-state index is 0.252. The summed E-state index contributed by atoms with van der Waals surface area (Å²) in [5, 5.41) is 15.9. The van der Waals surface area contributed by atoms with E-state index in [2.05, 4.69) is 17.4 Å². The Labute approximate surface area is 164 Å². The first-order valence-corrected chi connectivity index (χ1v) is 10.4. The number of benzene rings is 2. The minimum Gasteiger partial charge on any atom is -0.507 e. The molecule has 1 saturated carbocycles. The number of phenols is 1. The number of aromatic hydroxyl groups is 1. The summed E-state index contributed by atoms with van der Waals surface area (Å²) in [6.45, 7) is 1.09. The predicted octanol–water partition coefficient (Wildman–Crippen LogP) is 5.71. The van der Waals surface area contributed by atoms with Crippen LogP contribution in [-0.4, -0.2) is 17.7 Å². The lowest BCUT2D eigenvalue weighted by Crippen LogP contribution is -2.59. The first kappa shape index (κ1) is 16.9. The Morgan fingerprint density at radius 1 is 1.04 bits per heavy atom. The summed E-state index contributed by atoms with van der Waals surface area (Å²) >= 11 is 12.5. The Hall–Kier alpha value is -1.22. The Balaban J connectivity index is 1.67. The molecule has 2 N–H and O–H groups in total. The van der Waals surface area contributed by atoms with E-state index in [0.29, 0.717) is 27.8 Å². The highest BCUT2D eigenvalue weighted by Gasteiger charge is 2.51. The lowest BCUT2D eigenvalue weighted by atomic mass is 9.52. The molecule has 136 valence electrons. The van der Waals surface area contributed by atoms with Crippen LogP contribution in [0.3, 0.4) is 0 Å². The van der Waals surface area contributed by atoms with Gasteiger partial charge in [0.2, 0.25) is 0 Å². The fourth-order valence-electron chi connectivity index (χ4n) is 5.90. The highest BCUT2D eigenvalue weighted by atomic mass is 35.5. The van der Waals surface area contributed by atoms with E-state index in [4.69, 9.17) is 23.2 Å². The summed E-state index contributed by atoms with van der Waals surface area (Å²) in [7, 11) is 0. The Morgan fingerprint density at radius 2 is 1.92 bits per heavy atom. The topological polar surface area (TPSA) is 32.3 Å². The van der Waals surface area contributed by atoms with Gasteiger partial charge in [0.1, 0.15) is 5.75 Å². The molecular formula is C22H23Cl2NO. The van der Waals surface area contributed by atoms with Crippen molar-refractivity contribution in [3.8, 4) is 16.9 Å². The molecule has 3 aliphatic rings. The summed E-state index contributed by atoms with van der Waals surface area (Å²) in [6.07, 6.45) is 7.42. The number of hydrogen-bond acceptors (Lipinski definition) is 2. The Morgan fingerprint density at radius 3 is 2.77 bits per heavy atom. The maximum absolute atomic E-state index is 10.9. The third kappa shape index (κ3) is 2.42. The van der Waals surface area contributed by atoms with E-state index in [1.54, 1.807) is 6.07 Å². The van der Waals surface area contributed by atoms with E-state index in [1.165, 1.54) is 43.2 Å². The molecule has 0 spiro atoms. The van der Waals surface area contributed by atoms with Crippen molar-refractivity contribution in [2.45, 2.75) is 50.0 Å². The van der Waals surface area contributed by atoms with Gasteiger partial charge >= 0.3 is 0 Å². The SMILES string of the molecule is Oc1cc2c(cc1-c1ccc(Cl)cc1Cl)C[C@H]1NCC[C@@]23CCCC[C@@H]13. The Kier molecular flexibility index (Phi) is 4.00. The van der Waals surface area contributed by atoms with Crippen molar-refractivity contribution >= 4 is 23.2 Å². The molecule has 2 aliphatic carbocycles. The number of halogens is 2. The van der Waals surface area contributed by atoms with Crippen molar-refractivity contribution in [3.63, 3.8) is 0 Å². The average molecular weight is 388 g/mol. The van der Waals surface area contributed by atoms with Crippen molar-refractivity contribution in [2.75, 3.05) is 6.54 Å². The molecule has 1 aliphatic heterocycles. The third-order valence-corrected chi connectivity index (χ3v) is 7.53. The van der Waals surface area contributed by atoms with E-state index in [-0.39, 0.29) is 5.41 Å². The number of fused-ring (bicyclic) bond motifs is 1. The maximum Gasteiger partial charge on any atom is 0.123 e. The lowest BCUT2D eigenvalue weighted by molar-refractivity contribution is 0.0796. The van der Waals surface area contributed by atoms with Gasteiger partial charge in [-0.05, 0) is 73.5 Å². The second kappa shape index (κ2) is 6.15. The van der Waals surface area contributed by atoms with Crippen molar-refractivity contribution in [1.82, 2.24) is 5.32 Å². The second-order valence-corrected chi connectivity index (χ2v) is 9.02. The highest BCUT2D eigenvalue weighted by molar-refractivity contribution is 6.36. The van der Waals surface area contributed by atoms with Gasteiger partial charge in [0, 0.05) is 27.6 Å². The van der Waals surface area contributed by atoms with Gasteiger partial charge in [-0.1, -0.05) is 42.1 Å². The molecule has 0 unspecified atom stereocenters. The minimum absolute atomic E-state index is 0.252. The van der Waals surface area contributed by atoms with Crippen LogP contribution in [0.5, 0.6) is 5.75 Å². The number of phenolic OH excluding ortho intramolecular Hbond substituents is 1. The fourth-order valence-corrected chi connectivity index (χ4v) is 6.41. The first-order chi connectivity index (χ1) is 12.6. The highest BCUT2D eigenvalue weighted by Crippen LogP contribution is 2.55. The summed E-state index contributed by atoms with van der Waals surface area (Å²) < 4.78 is 0. The van der Waals surface area contributed by atoms with E-state index in [9.17, 15) is 5.11 Å². The molecule has 1 saturated heterocycles. The van der Waals surface area contributed by atoms with E-state index in [1.807, 2.05) is 12.1 Å². The molecule has 5 rings (SSSR count). The maximum atomic E-state index is 10.9. The number of hydrogen-bond donors (Lipinski definition) is 2. The molecule has 26 heavy (non-hydrogen) atoms. The van der Waals surface area contributed by atoms with Gasteiger partial charge in [-0.15, -0.1) is 0 Å². The fraction of sp³-hybridized carbons (Fsp3) is 0.455. The quantitative estimate of drug-likeness (QED) is 0.656. The molecule has 2 fully saturated rings. The van der Waals surface area contributed by atoms with Crippen LogP contribution in [0.4, 0.5) is 0 Å². The third-order valence-electron chi connectivity index (χ3n) is 6.98. The molecule has 0 aromatic heterocycles. The summed E-state index contributed by atoms with van der Waals surface area (Å²) in [6, 6.07) is 10.3. The zero-order valence-corrected chi connectivity index (χ0v) is 16.2. The molecule has 2 nitrogen and oxygen atoms in total. The standard InChI is InChI=1S/C22H23Cl2NO/c23-14-4-5-15(19(24)11-14)16-9-13-10-20-17-3-1-2-6-22(17,7-8-25-20)18(13)12-21(16)26/h4-5,9,11-12,17,20,25-26H,1-3,6-8,10H2/t17-,20+,22+/m0/s1.